The molecule has 0 aromatic heterocycles. The maximum atomic E-state index is 11.7. The molecule has 2 aliphatic heterocycles. The van der Waals surface area contributed by atoms with Gasteiger partial charge in [-0.15, -0.1) is 0 Å². The van der Waals surface area contributed by atoms with Gasteiger partial charge in [0.25, 0.3) is 5.91 Å². The summed E-state index contributed by atoms with van der Waals surface area (Å²) in [6.07, 6.45) is -0.432. The standard InChI is InChI=1S/C16H23N3O3/c1-12-16(21)17-14-10-13(2-3-15(14)22-12)11-19-6-4-18(5-7-19)8-9-20/h2-3,10,12,20H,4-9,11H2,1H3,(H,17,21). The molecular formula is C16H23N3O3. The van der Waals surface area contributed by atoms with Crippen molar-refractivity contribution in [3.8, 4) is 5.75 Å². The summed E-state index contributed by atoms with van der Waals surface area (Å²) in [6.45, 7) is 7.57. The van der Waals surface area contributed by atoms with E-state index in [4.69, 9.17) is 9.84 Å². The predicted octanol–water partition coefficient (Wildman–Crippen LogP) is 0.516. The first-order chi connectivity index (χ1) is 10.7. The molecule has 1 atom stereocenters. The van der Waals surface area contributed by atoms with Gasteiger partial charge in [0.1, 0.15) is 5.75 Å². The average Bonchev–Trinajstić information content (AvgIpc) is 2.51. The maximum absolute atomic E-state index is 11.7. The number of aliphatic hydroxyl groups excluding tert-OH is 1. The molecule has 2 N–H and O–H groups in total. The molecule has 2 heterocycles. The number of nitrogens with zero attached hydrogens (tertiary/aromatic N) is 2. The Morgan fingerprint density at radius 2 is 2.00 bits per heavy atom. The highest BCUT2D eigenvalue weighted by molar-refractivity contribution is 5.97. The van der Waals surface area contributed by atoms with Crippen molar-refractivity contribution in [1.29, 1.82) is 0 Å². The molecule has 1 aromatic carbocycles. The molecule has 3 rings (SSSR count). The number of carbonyl (C=O) groups excluding carboxylic acids is 1. The van der Waals surface area contributed by atoms with Crippen LogP contribution >= 0.6 is 0 Å². The second-order valence-electron chi connectivity index (χ2n) is 5.92. The van der Waals surface area contributed by atoms with E-state index in [-0.39, 0.29) is 12.5 Å². The van der Waals surface area contributed by atoms with Crippen molar-refractivity contribution >= 4 is 11.6 Å². The Morgan fingerprint density at radius 3 is 2.73 bits per heavy atom. The number of fused-ring (bicyclic) bond motifs is 1. The Bertz CT molecular complexity index is 541. The van der Waals surface area contributed by atoms with E-state index >= 15 is 0 Å². The maximum Gasteiger partial charge on any atom is 0.265 e. The van der Waals surface area contributed by atoms with Crippen LogP contribution in [0.2, 0.25) is 0 Å². The van der Waals surface area contributed by atoms with E-state index in [2.05, 4.69) is 21.2 Å². The minimum Gasteiger partial charge on any atom is -0.479 e. The third-order valence-corrected chi connectivity index (χ3v) is 4.26. The number of β-amino-alcohol motifs (C(OH)–C–C–N with tert-alkyl or cyclic N) is 1. The fourth-order valence-corrected chi connectivity index (χ4v) is 2.92. The molecule has 6 nitrogen and oxygen atoms in total. The van der Waals surface area contributed by atoms with Crippen LogP contribution < -0.4 is 10.1 Å². The van der Waals surface area contributed by atoms with Crippen molar-refractivity contribution in [2.24, 2.45) is 0 Å². The fourth-order valence-electron chi connectivity index (χ4n) is 2.92. The van der Waals surface area contributed by atoms with Gasteiger partial charge in [0.15, 0.2) is 6.10 Å². The quantitative estimate of drug-likeness (QED) is 0.849. The number of piperazine rings is 1. The number of amides is 1. The third kappa shape index (κ3) is 3.40. The van der Waals surface area contributed by atoms with E-state index in [9.17, 15) is 4.79 Å². The van der Waals surface area contributed by atoms with E-state index in [1.54, 1.807) is 6.92 Å². The number of aliphatic hydroxyl groups is 1. The molecule has 6 heteroatoms. The second-order valence-corrected chi connectivity index (χ2v) is 5.92. The molecule has 0 aliphatic carbocycles. The molecular weight excluding hydrogens is 282 g/mol. The molecule has 0 spiro atoms. The average molecular weight is 305 g/mol. The van der Waals surface area contributed by atoms with Gasteiger partial charge in [0.05, 0.1) is 12.3 Å². The molecule has 1 amide bonds. The van der Waals surface area contributed by atoms with E-state index < -0.39 is 6.10 Å². The number of rotatable bonds is 4. The summed E-state index contributed by atoms with van der Waals surface area (Å²) >= 11 is 0. The molecule has 1 aromatic rings. The van der Waals surface area contributed by atoms with Crippen molar-refractivity contribution in [1.82, 2.24) is 9.80 Å². The van der Waals surface area contributed by atoms with E-state index in [0.717, 1.165) is 50.7 Å². The van der Waals surface area contributed by atoms with Gasteiger partial charge in [-0.1, -0.05) is 6.07 Å². The molecule has 0 saturated carbocycles. The van der Waals surface area contributed by atoms with Crippen LogP contribution in [0.4, 0.5) is 5.69 Å². The van der Waals surface area contributed by atoms with Crippen molar-refractivity contribution in [3.05, 3.63) is 23.8 Å². The Morgan fingerprint density at radius 1 is 1.27 bits per heavy atom. The summed E-state index contributed by atoms with van der Waals surface area (Å²) in [5.41, 5.74) is 1.94. The van der Waals surface area contributed by atoms with Crippen molar-refractivity contribution < 1.29 is 14.6 Å². The number of benzene rings is 1. The van der Waals surface area contributed by atoms with Gasteiger partial charge >= 0.3 is 0 Å². The van der Waals surface area contributed by atoms with Crippen LogP contribution in [0.15, 0.2) is 18.2 Å². The van der Waals surface area contributed by atoms with Crippen LogP contribution in [0.5, 0.6) is 5.75 Å². The summed E-state index contributed by atoms with van der Waals surface area (Å²) in [5.74, 6) is 0.644. The Balaban J connectivity index is 1.60. The van der Waals surface area contributed by atoms with Gasteiger partial charge in [-0.2, -0.15) is 0 Å². The highest BCUT2D eigenvalue weighted by Gasteiger charge is 2.24. The minimum absolute atomic E-state index is 0.0951. The number of hydrogen-bond donors (Lipinski definition) is 2. The molecule has 2 aliphatic rings. The van der Waals surface area contributed by atoms with E-state index in [1.807, 2.05) is 12.1 Å². The number of nitrogens with one attached hydrogen (secondary N) is 1. The molecule has 120 valence electrons. The predicted molar refractivity (Wildman–Crippen MR) is 84.0 cm³/mol. The molecule has 0 radical (unpaired) electrons. The van der Waals surface area contributed by atoms with E-state index in [1.165, 1.54) is 5.56 Å². The summed E-state index contributed by atoms with van der Waals surface area (Å²) < 4.78 is 5.57. The van der Waals surface area contributed by atoms with Crippen LogP contribution in [0.25, 0.3) is 0 Å². The van der Waals surface area contributed by atoms with Crippen molar-refractivity contribution in [3.63, 3.8) is 0 Å². The smallest absolute Gasteiger partial charge is 0.265 e. The summed E-state index contributed by atoms with van der Waals surface area (Å²) in [6, 6.07) is 5.99. The van der Waals surface area contributed by atoms with Crippen LogP contribution in [0.1, 0.15) is 12.5 Å². The molecule has 22 heavy (non-hydrogen) atoms. The van der Waals surface area contributed by atoms with Crippen LogP contribution in [-0.4, -0.2) is 66.2 Å². The number of anilines is 1. The van der Waals surface area contributed by atoms with Gasteiger partial charge in [0.2, 0.25) is 0 Å². The molecule has 1 unspecified atom stereocenters. The SMILES string of the molecule is CC1Oc2ccc(CN3CCN(CCO)CC3)cc2NC1=O. The second kappa shape index (κ2) is 6.64. The van der Waals surface area contributed by atoms with Crippen LogP contribution in [-0.2, 0) is 11.3 Å². The zero-order valence-corrected chi connectivity index (χ0v) is 12.9. The lowest BCUT2D eigenvalue weighted by Gasteiger charge is -2.34. The van der Waals surface area contributed by atoms with Gasteiger partial charge in [-0.25, -0.2) is 0 Å². The molecule has 1 fully saturated rings. The first kappa shape index (κ1) is 15.3. The van der Waals surface area contributed by atoms with Gasteiger partial charge < -0.3 is 15.2 Å². The Labute approximate surface area is 130 Å². The topological polar surface area (TPSA) is 65.0 Å². The highest BCUT2D eigenvalue weighted by Crippen LogP contribution is 2.30. The molecule has 1 saturated heterocycles. The first-order valence-electron chi connectivity index (χ1n) is 7.82. The lowest BCUT2D eigenvalue weighted by Crippen LogP contribution is -2.46. The van der Waals surface area contributed by atoms with Gasteiger partial charge in [-0.05, 0) is 24.6 Å². The zero-order valence-electron chi connectivity index (χ0n) is 12.9. The van der Waals surface area contributed by atoms with Gasteiger partial charge in [-0.3, -0.25) is 14.6 Å². The number of hydrogen-bond acceptors (Lipinski definition) is 5. The van der Waals surface area contributed by atoms with Crippen molar-refractivity contribution in [2.75, 3.05) is 44.6 Å². The van der Waals surface area contributed by atoms with Crippen molar-refractivity contribution in [2.45, 2.75) is 19.6 Å². The summed E-state index contributed by atoms with van der Waals surface area (Å²) in [4.78, 5) is 16.4. The fraction of sp³-hybridized carbons (Fsp3) is 0.562. The Hall–Kier alpha value is -1.63. The number of ether oxygens (including phenoxy) is 1. The largest absolute Gasteiger partial charge is 0.479 e. The summed E-state index contributed by atoms with van der Waals surface area (Å²) in [5, 5.41) is 11.9. The minimum atomic E-state index is -0.432. The summed E-state index contributed by atoms with van der Waals surface area (Å²) in [7, 11) is 0. The monoisotopic (exact) mass is 305 g/mol. The van der Waals surface area contributed by atoms with Crippen LogP contribution in [0, 0.1) is 0 Å². The molecule has 0 bridgehead atoms. The normalized spacial score (nSPS) is 22.8. The third-order valence-electron chi connectivity index (χ3n) is 4.26. The lowest BCUT2D eigenvalue weighted by atomic mass is 10.1. The van der Waals surface area contributed by atoms with Crippen LogP contribution in [0.3, 0.4) is 0 Å². The lowest BCUT2D eigenvalue weighted by molar-refractivity contribution is -0.122. The van der Waals surface area contributed by atoms with E-state index in [0.29, 0.717) is 0 Å². The first-order valence-corrected chi connectivity index (χ1v) is 7.82. The van der Waals surface area contributed by atoms with Gasteiger partial charge in [0, 0.05) is 39.3 Å². The Kier molecular flexibility index (Phi) is 4.61. The zero-order chi connectivity index (χ0) is 15.5. The highest BCUT2D eigenvalue weighted by atomic mass is 16.5. The number of carbonyl (C=O) groups is 1.